The summed E-state index contributed by atoms with van der Waals surface area (Å²) >= 11 is 0. The standard InChI is InChI=1S/C35H45N5O7S/c1-20-6-4-5-7-23-18-35(23,33(43)39-48(44,45)34(3)12-13-34)38-30(41)27-17-24(19-40(27)32(42)28(36)21(2)16-20)47-31-26-9-8-22-11-15-46-29(22)25(26)10-14-37-31/h5,7-10,14,20-21,23-24,27-28H,4,6,11-13,15-19,36H2,1-3H3,(H,38,41)(H,39,43)/b7-5-/t20?,21-,23-,24-,27+,28+,35-/m1/s1. The van der Waals surface area contributed by atoms with Gasteiger partial charge in [0.2, 0.25) is 27.7 Å². The van der Waals surface area contributed by atoms with E-state index in [1.165, 1.54) is 4.90 Å². The third-order valence-corrected chi connectivity index (χ3v) is 13.3. The van der Waals surface area contributed by atoms with Gasteiger partial charge >= 0.3 is 0 Å². The Morgan fingerprint density at radius 3 is 2.73 bits per heavy atom. The first-order valence-electron chi connectivity index (χ1n) is 17.1. The molecule has 13 heteroatoms. The fourth-order valence-electron chi connectivity index (χ4n) is 7.54. The Kier molecular flexibility index (Phi) is 8.21. The number of allylic oxidation sites excluding steroid dienone is 1. The number of carbonyl (C=O) groups excluding carboxylic acids is 3. The molecule has 1 aromatic carbocycles. The minimum atomic E-state index is -3.93. The largest absolute Gasteiger partial charge is 0.492 e. The molecule has 0 spiro atoms. The van der Waals surface area contributed by atoms with E-state index in [2.05, 4.69) is 21.9 Å². The molecule has 3 aliphatic heterocycles. The van der Waals surface area contributed by atoms with E-state index in [-0.39, 0.29) is 37.1 Å². The molecule has 1 saturated heterocycles. The summed E-state index contributed by atoms with van der Waals surface area (Å²) in [5.41, 5.74) is 6.26. The molecular formula is C35H45N5O7S. The monoisotopic (exact) mass is 679 g/mol. The lowest BCUT2D eigenvalue weighted by Crippen LogP contribution is -2.58. The van der Waals surface area contributed by atoms with Crippen molar-refractivity contribution in [3.63, 3.8) is 0 Å². The smallest absolute Gasteiger partial charge is 0.259 e. The van der Waals surface area contributed by atoms with Crippen LogP contribution in [0.3, 0.4) is 0 Å². The average molecular weight is 680 g/mol. The third kappa shape index (κ3) is 5.82. The SMILES string of the molecule is CC1CC/C=C\[C@@H]2C[C@@]2(C(=O)NS(=O)(=O)C2(C)CC2)NC(=O)[C@@H]2C[C@@H](Oc3nccc4c5c(ccc34)CCO5)CN2C(=O)[C@@H](N)[C@H](C)C1. The zero-order valence-electron chi connectivity index (χ0n) is 27.7. The van der Waals surface area contributed by atoms with Crippen LogP contribution in [0.1, 0.15) is 71.3 Å². The summed E-state index contributed by atoms with van der Waals surface area (Å²) in [5.74, 6) is -0.689. The van der Waals surface area contributed by atoms with Gasteiger partial charge in [-0.25, -0.2) is 13.4 Å². The van der Waals surface area contributed by atoms with Crippen molar-refractivity contribution >= 4 is 38.5 Å². The molecule has 4 N–H and O–H groups in total. The van der Waals surface area contributed by atoms with Crippen molar-refractivity contribution in [2.75, 3.05) is 13.2 Å². The quantitative estimate of drug-likeness (QED) is 0.402. The first-order chi connectivity index (χ1) is 22.8. The van der Waals surface area contributed by atoms with E-state index in [1.807, 2.05) is 37.3 Å². The molecule has 0 bridgehead atoms. The van der Waals surface area contributed by atoms with Crippen LogP contribution in [0, 0.1) is 17.8 Å². The maximum Gasteiger partial charge on any atom is 0.259 e. The van der Waals surface area contributed by atoms with Crippen LogP contribution in [0.15, 0.2) is 36.5 Å². The lowest BCUT2D eigenvalue weighted by atomic mass is 9.88. The number of sulfonamides is 1. The number of pyridine rings is 1. The van der Waals surface area contributed by atoms with E-state index in [0.29, 0.717) is 31.2 Å². The summed E-state index contributed by atoms with van der Waals surface area (Å²) < 4.78 is 39.7. The Hall–Kier alpha value is -3.71. The number of aromatic nitrogens is 1. The number of nitrogens with two attached hydrogens (primary N) is 1. The number of benzene rings is 1. The summed E-state index contributed by atoms with van der Waals surface area (Å²) in [5, 5.41) is 4.57. The van der Waals surface area contributed by atoms with Crippen LogP contribution in [0.25, 0.3) is 10.8 Å². The van der Waals surface area contributed by atoms with Gasteiger partial charge in [-0.3, -0.25) is 19.1 Å². The van der Waals surface area contributed by atoms with Gasteiger partial charge in [-0.1, -0.05) is 32.1 Å². The summed E-state index contributed by atoms with van der Waals surface area (Å²) in [6, 6.07) is 4.02. The number of nitrogens with zero attached hydrogens (tertiary/aromatic N) is 2. The van der Waals surface area contributed by atoms with Crippen molar-refractivity contribution in [2.24, 2.45) is 23.5 Å². The maximum absolute atomic E-state index is 14.2. The summed E-state index contributed by atoms with van der Waals surface area (Å²) in [6.45, 7) is 6.41. The fourth-order valence-corrected chi connectivity index (χ4v) is 8.86. The molecule has 0 radical (unpaired) electrons. The molecule has 4 heterocycles. The number of carbonyl (C=O) groups is 3. The van der Waals surface area contributed by atoms with Gasteiger partial charge in [-0.15, -0.1) is 0 Å². The van der Waals surface area contributed by atoms with E-state index in [0.717, 1.165) is 47.8 Å². The Morgan fingerprint density at radius 1 is 1.17 bits per heavy atom. The summed E-state index contributed by atoms with van der Waals surface area (Å²) in [6.07, 6.45) is 9.49. The molecule has 2 aliphatic carbocycles. The first kappa shape index (κ1) is 32.8. The van der Waals surface area contributed by atoms with E-state index in [4.69, 9.17) is 15.2 Å². The molecule has 1 aromatic heterocycles. The number of hydrogen-bond acceptors (Lipinski definition) is 9. The Morgan fingerprint density at radius 2 is 1.96 bits per heavy atom. The van der Waals surface area contributed by atoms with Crippen LogP contribution in [-0.2, 0) is 30.8 Å². The van der Waals surface area contributed by atoms with Gasteiger partial charge in [-0.2, -0.15) is 0 Å². The van der Waals surface area contributed by atoms with Crippen molar-refractivity contribution < 1.29 is 32.3 Å². The van der Waals surface area contributed by atoms with Crippen LogP contribution < -0.4 is 25.2 Å². The Bertz CT molecular complexity index is 1790. The molecule has 258 valence electrons. The number of amides is 3. The minimum Gasteiger partial charge on any atom is -0.492 e. The molecule has 2 aromatic rings. The molecule has 7 atom stereocenters. The topological polar surface area (TPSA) is 170 Å². The van der Waals surface area contributed by atoms with Gasteiger partial charge < -0.3 is 25.4 Å². The highest BCUT2D eigenvalue weighted by atomic mass is 32.2. The van der Waals surface area contributed by atoms with Crippen molar-refractivity contribution in [3.05, 3.63) is 42.1 Å². The first-order valence-corrected chi connectivity index (χ1v) is 18.6. The number of nitrogens with one attached hydrogen (secondary N) is 2. The number of fused-ring (bicyclic) bond motifs is 5. The normalized spacial score (nSPS) is 33.6. The molecule has 48 heavy (non-hydrogen) atoms. The van der Waals surface area contributed by atoms with E-state index >= 15 is 0 Å². The van der Waals surface area contributed by atoms with Crippen LogP contribution in [0.2, 0.25) is 0 Å². The third-order valence-electron chi connectivity index (χ3n) is 11.1. The second-order valence-corrected chi connectivity index (χ2v) is 17.0. The van der Waals surface area contributed by atoms with Crippen molar-refractivity contribution in [1.82, 2.24) is 19.9 Å². The fraction of sp³-hybridized carbons (Fsp3) is 0.600. The highest BCUT2D eigenvalue weighted by Crippen LogP contribution is 2.47. The van der Waals surface area contributed by atoms with Crippen LogP contribution in [0.4, 0.5) is 0 Å². The van der Waals surface area contributed by atoms with Crippen LogP contribution in [-0.4, -0.2) is 77.6 Å². The number of ether oxygens (including phenoxy) is 2. The number of hydrogen-bond donors (Lipinski definition) is 3. The average Bonchev–Trinajstić information content (AvgIpc) is 3.82. The lowest BCUT2D eigenvalue weighted by molar-refractivity contribution is -0.141. The molecule has 7 rings (SSSR count). The zero-order chi connectivity index (χ0) is 34.0. The van der Waals surface area contributed by atoms with Gasteiger partial charge in [0.25, 0.3) is 5.91 Å². The van der Waals surface area contributed by atoms with Crippen molar-refractivity contribution in [2.45, 2.75) is 101 Å². The predicted octanol–water partition coefficient (Wildman–Crippen LogP) is 2.73. The summed E-state index contributed by atoms with van der Waals surface area (Å²) in [4.78, 5) is 47.9. The predicted molar refractivity (Wildman–Crippen MR) is 178 cm³/mol. The molecule has 2 saturated carbocycles. The van der Waals surface area contributed by atoms with Gasteiger partial charge in [0.1, 0.15) is 23.4 Å². The minimum absolute atomic E-state index is 0.0989. The van der Waals surface area contributed by atoms with Crippen LogP contribution in [0.5, 0.6) is 11.6 Å². The second kappa shape index (κ2) is 12.0. The van der Waals surface area contributed by atoms with Gasteiger partial charge in [-0.05, 0) is 75.0 Å². The second-order valence-electron chi connectivity index (χ2n) is 14.9. The molecule has 1 unspecified atom stereocenters. The van der Waals surface area contributed by atoms with E-state index < -0.39 is 50.3 Å². The molecule has 3 fully saturated rings. The Labute approximate surface area is 281 Å². The zero-order valence-corrected chi connectivity index (χ0v) is 28.6. The van der Waals surface area contributed by atoms with Gasteiger partial charge in [0.15, 0.2) is 0 Å². The van der Waals surface area contributed by atoms with Gasteiger partial charge in [0, 0.05) is 35.7 Å². The van der Waals surface area contributed by atoms with E-state index in [9.17, 15) is 22.8 Å². The maximum atomic E-state index is 14.2. The Balaban J connectivity index is 1.18. The van der Waals surface area contributed by atoms with Gasteiger partial charge in [0.05, 0.1) is 23.9 Å². The highest BCUT2D eigenvalue weighted by molar-refractivity contribution is 7.91. The molecule has 5 aliphatic rings. The molecule has 12 nitrogen and oxygen atoms in total. The van der Waals surface area contributed by atoms with Crippen molar-refractivity contribution in [1.29, 1.82) is 0 Å². The van der Waals surface area contributed by atoms with Crippen LogP contribution >= 0.6 is 0 Å². The number of rotatable bonds is 5. The summed E-state index contributed by atoms with van der Waals surface area (Å²) in [7, 11) is -3.93. The molecule has 3 amide bonds. The lowest BCUT2D eigenvalue weighted by Gasteiger charge is -2.30. The highest BCUT2D eigenvalue weighted by Gasteiger charge is 2.63. The van der Waals surface area contributed by atoms with Crippen molar-refractivity contribution in [3.8, 4) is 11.6 Å². The van der Waals surface area contributed by atoms with E-state index in [1.54, 1.807) is 13.1 Å². The molecular weight excluding hydrogens is 634 g/mol.